The maximum absolute atomic E-state index is 5.85. The van der Waals surface area contributed by atoms with Crippen LogP contribution in [0.2, 0.25) is 0 Å². The summed E-state index contributed by atoms with van der Waals surface area (Å²) in [5.74, 6) is 0.842. The molecule has 1 aliphatic rings. The molecule has 14 heavy (non-hydrogen) atoms. The highest BCUT2D eigenvalue weighted by molar-refractivity contribution is 6.13. The molecule has 3 nitrogen and oxygen atoms in total. The molecule has 0 aliphatic carbocycles. The van der Waals surface area contributed by atoms with Crippen molar-refractivity contribution in [3.05, 3.63) is 29.9 Å². The van der Waals surface area contributed by atoms with Gasteiger partial charge < -0.3 is 0 Å². The van der Waals surface area contributed by atoms with Gasteiger partial charge >= 0.3 is 0 Å². The molecular formula is C10H12ClN3. The predicted molar refractivity (Wildman–Crippen MR) is 56.8 cm³/mol. The van der Waals surface area contributed by atoms with Crippen LogP contribution in [0.5, 0.6) is 0 Å². The van der Waals surface area contributed by atoms with Crippen LogP contribution in [0.1, 0.15) is 17.9 Å². The molecule has 2 rings (SSSR count). The molecule has 1 aromatic heterocycles. The highest BCUT2D eigenvalue weighted by atomic mass is 35.5. The van der Waals surface area contributed by atoms with Crippen molar-refractivity contribution in [2.75, 3.05) is 13.1 Å². The van der Waals surface area contributed by atoms with Crippen LogP contribution in [-0.4, -0.2) is 27.5 Å². The van der Waals surface area contributed by atoms with Crippen LogP contribution in [0.4, 0.5) is 0 Å². The van der Waals surface area contributed by atoms with Gasteiger partial charge in [-0.3, -0.25) is 0 Å². The Balaban J connectivity index is 2.23. The second-order valence-corrected chi connectivity index (χ2v) is 3.85. The van der Waals surface area contributed by atoms with Crippen molar-refractivity contribution in [2.24, 2.45) is 0 Å². The lowest BCUT2D eigenvalue weighted by atomic mass is 10.1. The van der Waals surface area contributed by atoms with Crippen LogP contribution in [0.25, 0.3) is 5.57 Å². The summed E-state index contributed by atoms with van der Waals surface area (Å²) in [6.07, 6.45) is 4.81. The monoisotopic (exact) mass is 209 g/mol. The summed E-state index contributed by atoms with van der Waals surface area (Å²) >= 11 is 5.85. The molecule has 0 radical (unpaired) electrons. The lowest BCUT2D eigenvalue weighted by Gasteiger charge is -2.18. The molecule has 1 aliphatic heterocycles. The number of halogens is 1. The predicted octanol–water partition coefficient (Wildman–Crippen LogP) is 2.03. The normalized spacial score (nSPS) is 18.0. The molecule has 0 amide bonds. The Morgan fingerprint density at radius 2 is 2.36 bits per heavy atom. The second-order valence-electron chi connectivity index (χ2n) is 3.37. The number of nitrogens with zero attached hydrogens (tertiary/aromatic N) is 3. The quantitative estimate of drug-likeness (QED) is 0.663. The van der Waals surface area contributed by atoms with Gasteiger partial charge in [0.15, 0.2) is 5.82 Å². The highest BCUT2D eigenvalue weighted by Crippen LogP contribution is 2.19. The van der Waals surface area contributed by atoms with Crippen molar-refractivity contribution in [1.82, 2.24) is 14.4 Å². The minimum atomic E-state index is 0.772. The van der Waals surface area contributed by atoms with Gasteiger partial charge in [-0.1, -0.05) is 6.08 Å². The van der Waals surface area contributed by atoms with Crippen LogP contribution >= 0.6 is 11.8 Å². The zero-order valence-corrected chi connectivity index (χ0v) is 8.83. The van der Waals surface area contributed by atoms with Gasteiger partial charge in [-0.25, -0.2) is 14.4 Å². The van der Waals surface area contributed by atoms with Crippen molar-refractivity contribution >= 4 is 17.3 Å². The first-order chi connectivity index (χ1) is 6.75. The zero-order chi connectivity index (χ0) is 9.97. The van der Waals surface area contributed by atoms with Gasteiger partial charge in [-0.2, -0.15) is 0 Å². The Labute approximate surface area is 88.5 Å². The summed E-state index contributed by atoms with van der Waals surface area (Å²) in [4.78, 5) is 8.63. The number of hydrogen-bond donors (Lipinski definition) is 0. The summed E-state index contributed by atoms with van der Waals surface area (Å²) in [6, 6.07) is 1.90. The van der Waals surface area contributed by atoms with E-state index >= 15 is 0 Å². The van der Waals surface area contributed by atoms with Gasteiger partial charge in [-0.15, -0.1) is 0 Å². The van der Waals surface area contributed by atoms with Gasteiger partial charge in [0.1, 0.15) is 0 Å². The average molecular weight is 210 g/mol. The minimum Gasteiger partial charge on any atom is -0.237 e. The van der Waals surface area contributed by atoms with Crippen molar-refractivity contribution in [3.63, 3.8) is 0 Å². The molecule has 0 saturated heterocycles. The maximum atomic E-state index is 5.85. The molecule has 4 heteroatoms. The van der Waals surface area contributed by atoms with Crippen LogP contribution in [-0.2, 0) is 0 Å². The third kappa shape index (κ3) is 2.11. The molecule has 0 fully saturated rings. The molecule has 0 atom stereocenters. The Morgan fingerprint density at radius 3 is 3.00 bits per heavy atom. The van der Waals surface area contributed by atoms with E-state index in [0.717, 1.165) is 31.0 Å². The van der Waals surface area contributed by atoms with Gasteiger partial charge in [-0.05, 0) is 36.8 Å². The lowest BCUT2D eigenvalue weighted by molar-refractivity contribution is 0.498. The van der Waals surface area contributed by atoms with E-state index in [1.54, 1.807) is 10.6 Å². The molecule has 0 unspecified atom stereocenters. The summed E-state index contributed by atoms with van der Waals surface area (Å²) in [7, 11) is 0. The van der Waals surface area contributed by atoms with E-state index in [4.69, 9.17) is 11.8 Å². The Morgan fingerprint density at radius 1 is 1.50 bits per heavy atom. The molecule has 2 heterocycles. The third-order valence-corrected chi connectivity index (χ3v) is 2.55. The van der Waals surface area contributed by atoms with Crippen LogP contribution in [0.3, 0.4) is 0 Å². The Kier molecular flexibility index (Phi) is 2.79. The topological polar surface area (TPSA) is 29.0 Å². The van der Waals surface area contributed by atoms with Crippen molar-refractivity contribution < 1.29 is 0 Å². The SMILES string of the molecule is Cc1ccnc(C2=CCN(Cl)CC2)n1. The summed E-state index contributed by atoms with van der Waals surface area (Å²) in [5.41, 5.74) is 2.20. The molecular weight excluding hydrogens is 198 g/mol. The molecule has 0 N–H and O–H groups in total. The Hall–Kier alpha value is -0.930. The van der Waals surface area contributed by atoms with E-state index in [9.17, 15) is 0 Å². The molecule has 0 saturated carbocycles. The van der Waals surface area contributed by atoms with Crippen LogP contribution in [0.15, 0.2) is 18.3 Å². The van der Waals surface area contributed by atoms with Crippen LogP contribution in [0, 0.1) is 6.92 Å². The molecule has 0 aromatic carbocycles. The first kappa shape index (κ1) is 9.62. The average Bonchev–Trinajstić information content (AvgIpc) is 2.19. The Bertz CT molecular complexity index is 362. The highest BCUT2D eigenvalue weighted by Gasteiger charge is 2.12. The summed E-state index contributed by atoms with van der Waals surface area (Å²) in [5, 5.41) is 0. The molecule has 0 bridgehead atoms. The smallest absolute Gasteiger partial charge is 0.155 e. The molecule has 0 spiro atoms. The van der Waals surface area contributed by atoms with Crippen molar-refractivity contribution in [2.45, 2.75) is 13.3 Å². The first-order valence-corrected chi connectivity index (χ1v) is 4.99. The molecule has 1 aromatic rings. The largest absolute Gasteiger partial charge is 0.237 e. The number of aromatic nitrogens is 2. The van der Waals surface area contributed by atoms with Gasteiger partial charge in [0.25, 0.3) is 0 Å². The fraction of sp³-hybridized carbons (Fsp3) is 0.400. The number of aryl methyl sites for hydroxylation is 1. The zero-order valence-electron chi connectivity index (χ0n) is 8.07. The fourth-order valence-electron chi connectivity index (χ4n) is 1.45. The standard InChI is InChI=1S/C10H12ClN3/c1-8-2-5-12-10(13-8)9-3-6-14(11)7-4-9/h2-3,5H,4,6-7H2,1H3. The van der Waals surface area contributed by atoms with E-state index in [0.29, 0.717) is 0 Å². The maximum Gasteiger partial charge on any atom is 0.155 e. The summed E-state index contributed by atoms with van der Waals surface area (Å²) < 4.78 is 1.76. The minimum absolute atomic E-state index is 0.772. The van der Waals surface area contributed by atoms with Gasteiger partial charge in [0.2, 0.25) is 0 Å². The van der Waals surface area contributed by atoms with E-state index < -0.39 is 0 Å². The van der Waals surface area contributed by atoms with E-state index in [1.807, 2.05) is 13.0 Å². The summed E-state index contributed by atoms with van der Waals surface area (Å²) in [6.45, 7) is 3.61. The van der Waals surface area contributed by atoms with Gasteiger partial charge in [0.05, 0.1) is 0 Å². The van der Waals surface area contributed by atoms with Crippen molar-refractivity contribution in [3.8, 4) is 0 Å². The van der Waals surface area contributed by atoms with Crippen molar-refractivity contribution in [1.29, 1.82) is 0 Å². The molecule has 74 valence electrons. The second kappa shape index (κ2) is 4.07. The number of rotatable bonds is 1. The fourth-order valence-corrected chi connectivity index (χ4v) is 1.60. The number of hydrogen-bond acceptors (Lipinski definition) is 3. The van der Waals surface area contributed by atoms with E-state index in [1.165, 1.54) is 5.57 Å². The lowest BCUT2D eigenvalue weighted by Crippen LogP contribution is -2.19. The van der Waals surface area contributed by atoms with Crippen LogP contribution < -0.4 is 0 Å². The van der Waals surface area contributed by atoms with Gasteiger partial charge in [0, 0.05) is 25.0 Å². The van der Waals surface area contributed by atoms with E-state index in [-0.39, 0.29) is 0 Å². The third-order valence-electron chi connectivity index (χ3n) is 2.24. The van der Waals surface area contributed by atoms with E-state index in [2.05, 4.69) is 16.0 Å². The first-order valence-electron chi connectivity index (χ1n) is 4.65.